The molecule has 3 nitrogen and oxygen atoms in total. The van der Waals surface area contributed by atoms with E-state index in [-0.39, 0.29) is 12.2 Å². The van der Waals surface area contributed by atoms with Gasteiger partial charge < -0.3 is 10.4 Å². The van der Waals surface area contributed by atoms with Gasteiger partial charge in [0, 0.05) is 5.56 Å². The molecule has 0 heterocycles. The predicted molar refractivity (Wildman–Crippen MR) is 54.9 cm³/mol. The number of rotatable bonds is 4. The molecule has 0 radical (unpaired) electrons. The Morgan fingerprint density at radius 1 is 1.35 bits per heavy atom. The minimum Gasteiger partial charge on any atom is -0.394 e. The van der Waals surface area contributed by atoms with Crippen molar-refractivity contribution in [2.75, 3.05) is 6.61 Å². The van der Waals surface area contributed by atoms with Crippen LogP contribution < -0.4 is 5.32 Å². The van der Waals surface area contributed by atoms with Crippen molar-refractivity contribution in [3.8, 4) is 0 Å². The Bertz CT molecular complexity index is 396. The summed E-state index contributed by atoms with van der Waals surface area (Å²) in [6.45, 7) is 1.45. The molecule has 1 aromatic carbocycles. The van der Waals surface area contributed by atoms with E-state index in [0.29, 0.717) is 18.6 Å². The number of amides is 1. The highest BCUT2D eigenvalue weighted by molar-refractivity contribution is 5.94. The second-order valence-corrected chi connectivity index (χ2v) is 3.52. The van der Waals surface area contributed by atoms with Crippen molar-refractivity contribution in [2.45, 2.75) is 19.4 Å². The molecule has 1 atom stereocenters. The summed E-state index contributed by atoms with van der Waals surface area (Å²) in [7, 11) is 0. The van der Waals surface area contributed by atoms with Crippen LogP contribution in [0.2, 0.25) is 0 Å². The van der Waals surface area contributed by atoms with Gasteiger partial charge >= 0.3 is 0 Å². The first-order chi connectivity index (χ1) is 7.99. The topological polar surface area (TPSA) is 49.3 Å². The van der Waals surface area contributed by atoms with Gasteiger partial charge in [-0.3, -0.25) is 4.79 Å². The highest BCUT2D eigenvalue weighted by Crippen LogP contribution is 2.13. The van der Waals surface area contributed by atoms with E-state index in [1.807, 2.05) is 0 Å². The fourth-order valence-electron chi connectivity index (χ4n) is 1.23. The van der Waals surface area contributed by atoms with Crippen LogP contribution in [0.4, 0.5) is 13.2 Å². The fourth-order valence-corrected chi connectivity index (χ4v) is 1.23. The molecule has 0 bridgehead atoms. The molecule has 17 heavy (non-hydrogen) atoms. The lowest BCUT2D eigenvalue weighted by Gasteiger charge is -2.14. The van der Waals surface area contributed by atoms with Crippen molar-refractivity contribution in [2.24, 2.45) is 0 Å². The third-order valence-corrected chi connectivity index (χ3v) is 2.29. The summed E-state index contributed by atoms with van der Waals surface area (Å²) >= 11 is 0. The van der Waals surface area contributed by atoms with Crippen molar-refractivity contribution in [3.63, 3.8) is 0 Å². The number of benzene rings is 1. The summed E-state index contributed by atoms with van der Waals surface area (Å²) in [6.07, 6.45) is 0.467. The van der Waals surface area contributed by atoms with Crippen molar-refractivity contribution in [1.82, 2.24) is 5.32 Å². The molecule has 0 aliphatic carbocycles. The summed E-state index contributed by atoms with van der Waals surface area (Å²) < 4.78 is 38.4. The number of carbonyl (C=O) groups excluding carboxylic acids is 1. The molecule has 0 fully saturated rings. The highest BCUT2D eigenvalue weighted by atomic mass is 19.2. The molecule has 0 aromatic heterocycles. The SMILES string of the molecule is CCC(CO)NC(=O)c1cc(F)c(F)c(F)c1. The van der Waals surface area contributed by atoms with Crippen LogP contribution in [0.15, 0.2) is 12.1 Å². The second-order valence-electron chi connectivity index (χ2n) is 3.52. The van der Waals surface area contributed by atoms with Gasteiger partial charge in [-0.15, -0.1) is 0 Å². The van der Waals surface area contributed by atoms with E-state index in [4.69, 9.17) is 5.11 Å². The first-order valence-electron chi connectivity index (χ1n) is 5.05. The number of aliphatic hydroxyl groups excluding tert-OH is 1. The lowest BCUT2D eigenvalue weighted by atomic mass is 10.1. The van der Waals surface area contributed by atoms with E-state index < -0.39 is 29.4 Å². The van der Waals surface area contributed by atoms with Gasteiger partial charge in [-0.25, -0.2) is 13.2 Å². The number of halogens is 3. The zero-order valence-corrected chi connectivity index (χ0v) is 9.14. The van der Waals surface area contributed by atoms with Crippen molar-refractivity contribution in [1.29, 1.82) is 0 Å². The molecule has 0 spiro atoms. The van der Waals surface area contributed by atoms with Crippen LogP contribution in [0.1, 0.15) is 23.7 Å². The Morgan fingerprint density at radius 2 is 1.88 bits per heavy atom. The van der Waals surface area contributed by atoms with Crippen LogP contribution >= 0.6 is 0 Å². The van der Waals surface area contributed by atoms with Crippen LogP contribution in [0.3, 0.4) is 0 Å². The van der Waals surface area contributed by atoms with Crippen LogP contribution in [0.25, 0.3) is 0 Å². The van der Waals surface area contributed by atoms with Gasteiger partial charge in [0.2, 0.25) is 0 Å². The largest absolute Gasteiger partial charge is 0.394 e. The third kappa shape index (κ3) is 3.20. The van der Waals surface area contributed by atoms with E-state index in [1.54, 1.807) is 6.92 Å². The van der Waals surface area contributed by atoms with Gasteiger partial charge in [-0.05, 0) is 18.6 Å². The average Bonchev–Trinajstić information content (AvgIpc) is 2.31. The molecule has 2 N–H and O–H groups in total. The van der Waals surface area contributed by atoms with Crippen molar-refractivity contribution in [3.05, 3.63) is 35.1 Å². The van der Waals surface area contributed by atoms with E-state index in [1.165, 1.54) is 0 Å². The number of aliphatic hydroxyl groups is 1. The Balaban J connectivity index is 2.90. The van der Waals surface area contributed by atoms with Crippen LogP contribution in [-0.4, -0.2) is 23.7 Å². The molecular formula is C11H12F3NO2. The molecule has 1 amide bonds. The molecule has 0 aliphatic rings. The zero-order valence-electron chi connectivity index (χ0n) is 9.14. The molecule has 0 saturated heterocycles. The van der Waals surface area contributed by atoms with Gasteiger partial charge in [0.15, 0.2) is 17.5 Å². The Morgan fingerprint density at radius 3 is 2.29 bits per heavy atom. The normalized spacial score (nSPS) is 12.3. The predicted octanol–water partition coefficient (Wildman–Crippen LogP) is 1.60. The average molecular weight is 247 g/mol. The summed E-state index contributed by atoms with van der Waals surface area (Å²) in [5.74, 6) is -5.22. The van der Waals surface area contributed by atoms with Gasteiger partial charge in [0.05, 0.1) is 12.6 Å². The smallest absolute Gasteiger partial charge is 0.251 e. The first-order valence-corrected chi connectivity index (χ1v) is 5.05. The number of hydrogen-bond acceptors (Lipinski definition) is 2. The maximum atomic E-state index is 12.9. The van der Waals surface area contributed by atoms with E-state index in [2.05, 4.69) is 5.32 Å². The van der Waals surface area contributed by atoms with Gasteiger partial charge in [-0.1, -0.05) is 6.92 Å². The third-order valence-electron chi connectivity index (χ3n) is 2.29. The number of carbonyl (C=O) groups is 1. The zero-order chi connectivity index (χ0) is 13.0. The van der Waals surface area contributed by atoms with Crippen LogP contribution in [0.5, 0.6) is 0 Å². The first kappa shape index (κ1) is 13.5. The molecule has 1 unspecified atom stereocenters. The quantitative estimate of drug-likeness (QED) is 0.794. The van der Waals surface area contributed by atoms with E-state index >= 15 is 0 Å². The molecule has 1 aromatic rings. The fraction of sp³-hybridized carbons (Fsp3) is 0.364. The molecule has 6 heteroatoms. The van der Waals surface area contributed by atoms with Gasteiger partial charge in [-0.2, -0.15) is 0 Å². The second kappa shape index (κ2) is 5.67. The highest BCUT2D eigenvalue weighted by Gasteiger charge is 2.16. The lowest BCUT2D eigenvalue weighted by Crippen LogP contribution is -2.37. The minimum atomic E-state index is -1.62. The van der Waals surface area contributed by atoms with Crippen molar-refractivity contribution >= 4 is 5.91 Å². The summed E-state index contributed by atoms with van der Waals surface area (Å²) in [4.78, 5) is 11.5. The lowest BCUT2D eigenvalue weighted by molar-refractivity contribution is 0.0914. The molecular weight excluding hydrogens is 235 g/mol. The standard InChI is InChI=1S/C11H12F3NO2/c1-2-7(5-16)15-11(17)6-3-8(12)10(14)9(13)4-6/h3-4,7,16H,2,5H2,1H3,(H,15,17). The van der Waals surface area contributed by atoms with Crippen LogP contribution in [-0.2, 0) is 0 Å². The molecule has 0 aliphatic heterocycles. The number of nitrogens with one attached hydrogen (secondary N) is 1. The van der Waals surface area contributed by atoms with Crippen molar-refractivity contribution < 1.29 is 23.1 Å². The van der Waals surface area contributed by atoms with E-state index in [9.17, 15) is 18.0 Å². The summed E-state index contributed by atoms with van der Waals surface area (Å²) in [6, 6.07) is 0.717. The Labute approximate surface area is 96.3 Å². The maximum absolute atomic E-state index is 12.9. The monoisotopic (exact) mass is 247 g/mol. The van der Waals surface area contributed by atoms with E-state index in [0.717, 1.165) is 0 Å². The molecule has 1 rings (SSSR count). The summed E-state index contributed by atoms with van der Waals surface area (Å²) in [5.41, 5.74) is -0.326. The van der Waals surface area contributed by atoms with Gasteiger partial charge in [0.1, 0.15) is 0 Å². The number of hydrogen-bond donors (Lipinski definition) is 2. The minimum absolute atomic E-state index is 0.283. The van der Waals surface area contributed by atoms with Gasteiger partial charge in [0.25, 0.3) is 5.91 Å². The Kier molecular flexibility index (Phi) is 4.51. The summed E-state index contributed by atoms with van der Waals surface area (Å²) in [5, 5.41) is 11.2. The molecule has 94 valence electrons. The molecule has 0 saturated carbocycles. The van der Waals surface area contributed by atoms with Crippen LogP contribution in [0, 0.1) is 17.5 Å². The maximum Gasteiger partial charge on any atom is 0.251 e. The Hall–Kier alpha value is -1.56.